The standard InChI is InChI=1S/C6H16N2/c1-4-6(3)8-7-5-2/h6-8H,4-5H2,1-3H3/t6-/m1/s1. The van der Waals surface area contributed by atoms with Crippen LogP contribution in [-0.4, -0.2) is 12.6 Å². The van der Waals surface area contributed by atoms with Crippen LogP contribution in [0, 0.1) is 0 Å². The zero-order valence-corrected chi connectivity index (χ0v) is 5.99. The van der Waals surface area contributed by atoms with Crippen molar-refractivity contribution in [3.05, 3.63) is 0 Å². The van der Waals surface area contributed by atoms with Gasteiger partial charge in [0, 0.05) is 12.6 Å². The molecule has 0 saturated carbocycles. The minimum atomic E-state index is 0.593. The highest BCUT2D eigenvalue weighted by Crippen LogP contribution is 1.82. The molecule has 0 aromatic carbocycles. The van der Waals surface area contributed by atoms with Gasteiger partial charge in [-0.2, -0.15) is 0 Å². The Hall–Kier alpha value is -0.0800. The van der Waals surface area contributed by atoms with Crippen molar-refractivity contribution >= 4 is 0 Å². The Morgan fingerprint density at radius 3 is 2.38 bits per heavy atom. The van der Waals surface area contributed by atoms with Gasteiger partial charge in [0.2, 0.25) is 0 Å². The molecule has 2 heteroatoms. The van der Waals surface area contributed by atoms with Gasteiger partial charge in [0.05, 0.1) is 0 Å². The van der Waals surface area contributed by atoms with Gasteiger partial charge in [-0.1, -0.05) is 13.8 Å². The second kappa shape index (κ2) is 5.06. The summed E-state index contributed by atoms with van der Waals surface area (Å²) >= 11 is 0. The molecule has 0 aromatic heterocycles. The third-order valence-electron chi connectivity index (χ3n) is 1.14. The highest BCUT2D eigenvalue weighted by Gasteiger charge is 1.91. The summed E-state index contributed by atoms with van der Waals surface area (Å²) in [5.74, 6) is 0. The zero-order chi connectivity index (χ0) is 6.41. The normalized spacial score (nSPS) is 13.9. The van der Waals surface area contributed by atoms with Gasteiger partial charge in [-0.25, -0.2) is 0 Å². The quantitative estimate of drug-likeness (QED) is 0.533. The van der Waals surface area contributed by atoms with Crippen LogP contribution in [0.5, 0.6) is 0 Å². The van der Waals surface area contributed by atoms with Crippen LogP contribution >= 0.6 is 0 Å². The van der Waals surface area contributed by atoms with Gasteiger partial charge < -0.3 is 0 Å². The van der Waals surface area contributed by atoms with E-state index in [2.05, 4.69) is 31.6 Å². The number of hydrazine groups is 1. The van der Waals surface area contributed by atoms with Crippen molar-refractivity contribution in [2.24, 2.45) is 0 Å². The molecule has 0 saturated heterocycles. The molecule has 0 unspecified atom stereocenters. The van der Waals surface area contributed by atoms with Crippen LogP contribution in [0.1, 0.15) is 27.2 Å². The first kappa shape index (κ1) is 7.92. The average Bonchev–Trinajstić information content (AvgIpc) is 1.83. The summed E-state index contributed by atoms with van der Waals surface area (Å²) < 4.78 is 0. The third-order valence-corrected chi connectivity index (χ3v) is 1.14. The van der Waals surface area contributed by atoms with Gasteiger partial charge in [-0.15, -0.1) is 0 Å². The van der Waals surface area contributed by atoms with Gasteiger partial charge in [0.25, 0.3) is 0 Å². The lowest BCUT2D eigenvalue weighted by molar-refractivity contribution is 0.452. The molecular formula is C6H16N2. The lowest BCUT2D eigenvalue weighted by Gasteiger charge is -2.09. The van der Waals surface area contributed by atoms with Crippen molar-refractivity contribution in [1.29, 1.82) is 0 Å². The maximum absolute atomic E-state index is 3.13. The van der Waals surface area contributed by atoms with Crippen molar-refractivity contribution < 1.29 is 0 Å². The van der Waals surface area contributed by atoms with E-state index in [1.54, 1.807) is 0 Å². The zero-order valence-electron chi connectivity index (χ0n) is 5.99. The molecule has 0 rings (SSSR count). The summed E-state index contributed by atoms with van der Waals surface area (Å²) in [5, 5.41) is 0. The van der Waals surface area contributed by atoms with Gasteiger partial charge in [0.15, 0.2) is 0 Å². The van der Waals surface area contributed by atoms with Crippen molar-refractivity contribution in [3.8, 4) is 0 Å². The molecule has 0 radical (unpaired) electrons. The monoisotopic (exact) mass is 116 g/mol. The van der Waals surface area contributed by atoms with E-state index < -0.39 is 0 Å². The molecule has 1 atom stereocenters. The Morgan fingerprint density at radius 1 is 1.38 bits per heavy atom. The molecule has 50 valence electrons. The second-order valence-electron chi connectivity index (χ2n) is 1.98. The summed E-state index contributed by atoms with van der Waals surface area (Å²) in [6.45, 7) is 7.39. The molecular weight excluding hydrogens is 100 g/mol. The van der Waals surface area contributed by atoms with E-state index in [4.69, 9.17) is 0 Å². The molecule has 0 heterocycles. The predicted octanol–water partition coefficient (Wildman–Crippen LogP) is 0.899. The van der Waals surface area contributed by atoms with Crippen LogP contribution in [-0.2, 0) is 0 Å². The van der Waals surface area contributed by atoms with E-state index >= 15 is 0 Å². The Balaban J connectivity index is 2.86. The minimum Gasteiger partial charge on any atom is -0.258 e. The van der Waals surface area contributed by atoms with E-state index in [1.807, 2.05) is 0 Å². The molecule has 0 aromatic rings. The fraction of sp³-hybridized carbons (Fsp3) is 1.00. The summed E-state index contributed by atoms with van der Waals surface area (Å²) in [6, 6.07) is 0.593. The SMILES string of the molecule is CCNN[C@H](C)CC. The van der Waals surface area contributed by atoms with Crippen molar-refractivity contribution in [2.75, 3.05) is 6.54 Å². The van der Waals surface area contributed by atoms with Crippen molar-refractivity contribution in [3.63, 3.8) is 0 Å². The average molecular weight is 116 g/mol. The molecule has 0 fully saturated rings. The van der Waals surface area contributed by atoms with Crippen molar-refractivity contribution in [2.45, 2.75) is 33.2 Å². The fourth-order valence-corrected chi connectivity index (χ4v) is 0.378. The second-order valence-corrected chi connectivity index (χ2v) is 1.98. The molecule has 0 aliphatic rings. The van der Waals surface area contributed by atoms with Gasteiger partial charge in [0.1, 0.15) is 0 Å². The molecule has 0 aliphatic carbocycles. The first-order valence-electron chi connectivity index (χ1n) is 3.29. The molecule has 2 nitrogen and oxygen atoms in total. The Bertz CT molecular complexity index is 45.8. The molecule has 0 aliphatic heterocycles. The van der Waals surface area contributed by atoms with Crippen LogP contribution in [0.25, 0.3) is 0 Å². The van der Waals surface area contributed by atoms with Crippen LogP contribution < -0.4 is 10.9 Å². The van der Waals surface area contributed by atoms with Crippen LogP contribution in [0.4, 0.5) is 0 Å². The maximum atomic E-state index is 3.13. The highest BCUT2D eigenvalue weighted by atomic mass is 15.4. The van der Waals surface area contributed by atoms with Gasteiger partial charge >= 0.3 is 0 Å². The van der Waals surface area contributed by atoms with Gasteiger partial charge in [-0.3, -0.25) is 10.9 Å². The summed E-state index contributed by atoms with van der Waals surface area (Å²) in [6.07, 6.45) is 1.17. The smallest absolute Gasteiger partial charge is 0.0182 e. The van der Waals surface area contributed by atoms with E-state index in [0.29, 0.717) is 6.04 Å². The van der Waals surface area contributed by atoms with E-state index in [-0.39, 0.29) is 0 Å². The highest BCUT2D eigenvalue weighted by molar-refractivity contribution is 4.50. The summed E-state index contributed by atoms with van der Waals surface area (Å²) in [7, 11) is 0. The third kappa shape index (κ3) is 4.09. The molecule has 0 bridgehead atoms. The fourth-order valence-electron chi connectivity index (χ4n) is 0.378. The Labute approximate surface area is 51.6 Å². The lowest BCUT2D eigenvalue weighted by Crippen LogP contribution is -2.38. The van der Waals surface area contributed by atoms with Crippen LogP contribution in [0.15, 0.2) is 0 Å². The van der Waals surface area contributed by atoms with Crippen molar-refractivity contribution in [1.82, 2.24) is 10.9 Å². The summed E-state index contributed by atoms with van der Waals surface area (Å²) in [4.78, 5) is 0. The molecule has 0 amide bonds. The number of rotatable bonds is 4. The molecule has 8 heavy (non-hydrogen) atoms. The Morgan fingerprint density at radius 2 is 2.00 bits per heavy atom. The maximum Gasteiger partial charge on any atom is 0.0182 e. The lowest BCUT2D eigenvalue weighted by atomic mass is 10.3. The molecule has 2 N–H and O–H groups in total. The predicted molar refractivity (Wildman–Crippen MR) is 36.6 cm³/mol. The summed E-state index contributed by atoms with van der Waals surface area (Å²) in [5.41, 5.74) is 6.18. The number of hydrogen-bond donors (Lipinski definition) is 2. The topological polar surface area (TPSA) is 24.1 Å². The first-order chi connectivity index (χ1) is 3.81. The van der Waals surface area contributed by atoms with Crippen LogP contribution in [0.2, 0.25) is 0 Å². The van der Waals surface area contributed by atoms with E-state index in [1.165, 1.54) is 6.42 Å². The Kier molecular flexibility index (Phi) is 5.01. The number of hydrogen-bond acceptors (Lipinski definition) is 2. The van der Waals surface area contributed by atoms with E-state index in [9.17, 15) is 0 Å². The number of nitrogens with one attached hydrogen (secondary N) is 2. The van der Waals surface area contributed by atoms with E-state index in [0.717, 1.165) is 6.54 Å². The first-order valence-corrected chi connectivity index (χ1v) is 3.29. The van der Waals surface area contributed by atoms with Gasteiger partial charge in [-0.05, 0) is 13.3 Å². The largest absolute Gasteiger partial charge is 0.258 e. The molecule has 0 spiro atoms. The van der Waals surface area contributed by atoms with Crippen LogP contribution in [0.3, 0.4) is 0 Å². The minimum absolute atomic E-state index is 0.593.